The van der Waals surface area contributed by atoms with Crippen LogP contribution in [0.1, 0.15) is 139 Å². The maximum absolute atomic E-state index is 12.9. The number of nitrogens with zero attached hydrogens (tertiary/aromatic N) is 6. The van der Waals surface area contributed by atoms with Crippen LogP contribution in [0.15, 0.2) is 241 Å². The summed E-state index contributed by atoms with van der Waals surface area (Å²) in [7, 11) is -1.55. The van der Waals surface area contributed by atoms with E-state index in [1.54, 1.807) is 59.6 Å². The zero-order valence-corrected chi connectivity index (χ0v) is 87.2. The number of aliphatic carboxylic acids is 1. The second-order valence-electron chi connectivity index (χ2n) is 36.8. The van der Waals surface area contributed by atoms with E-state index >= 15 is 0 Å². The molecule has 148 heavy (non-hydrogen) atoms. The molecule has 0 saturated carbocycles. The van der Waals surface area contributed by atoms with Gasteiger partial charge in [-0.1, -0.05) is 64.5 Å². The number of pyridine rings is 2. The standard InChI is InChI=1S/C29H28N4O4.C26H30N2O5.C21H22N2O3.C15H18BrNO3.C11H14BNO4.C8H8N2O2.CH2Cl2/c1-19-13-23(21-3-2-4-22(14-21)29(35)33-9-11-36-12-10-33)15-24-16-25(37-28(19)24)18-32-27(34)8-6-20-5-7-26(30)31-17-20;1-17-12-20(18-6-5-7-19(13-18)24(29)28-8-10-31-11-9-28)14-21-15-22(32-23(17)21)16-27-25(30)33-26(2,3)4;1-14-9-17(11-18-12-19(13-22)26-20(14)18)15-3-2-4-16(10-15)21(24)23-5-7-25-8-6-23;1-9-5-11(16)6-10-7-12(19-13(9)10)8-17-14(18)20-15(2,3)4;14-11(13-4-6-17-7-5-13)9-2-1-3-10(8-9)12(15)16;9-7-3-1-6(5-10-7)2-4-8(11)12;2-1-3/h2-8,13-17H,9-12,18H2,1H3,(H2,30,31)(H,32,34);5-7,12-15H,8-11,16H2,1-4H3,(H,27,30);2-4,9-12H,5-8,13,22H2,1H3;5-7H,8H2,1-4H3,(H,17,18);1-3,8,15-16H,4-7H2;1-5H,(H2,9,10)(H,11,12);1H2/b8-6+;;;;;4-2+;. The minimum absolute atomic E-state index is 0.0194. The number of anilines is 2. The van der Waals surface area contributed by atoms with E-state index in [4.69, 9.17) is 102 Å². The fourth-order valence-electron chi connectivity index (χ4n) is 16.0. The van der Waals surface area contributed by atoms with Crippen molar-refractivity contribution in [3.8, 4) is 33.4 Å². The van der Waals surface area contributed by atoms with Gasteiger partial charge >= 0.3 is 25.3 Å². The number of hydrogen-bond donors (Lipinski definition) is 9. The van der Waals surface area contributed by atoms with Gasteiger partial charge < -0.3 is 114 Å². The Kier molecular flexibility index (Phi) is 40.8. The largest absolute Gasteiger partial charge is 0.488 e. The number of nitrogen functional groups attached to an aromatic ring is 2. The molecule has 10 heterocycles. The van der Waals surface area contributed by atoms with Gasteiger partial charge in [-0.05, 0) is 299 Å². The molecule has 14 aromatic rings. The second-order valence-corrected chi connectivity index (χ2v) is 38.5. The van der Waals surface area contributed by atoms with Crippen LogP contribution in [0.25, 0.3) is 89.4 Å². The number of hydrogen-bond acceptors (Lipinski definition) is 25. The Hall–Kier alpha value is -14.5. The van der Waals surface area contributed by atoms with Crippen molar-refractivity contribution in [2.24, 2.45) is 5.73 Å². The molecule has 0 aliphatic carbocycles. The van der Waals surface area contributed by atoms with Gasteiger partial charge in [0.25, 0.3) is 23.6 Å². The Labute approximate surface area is 876 Å². The monoisotopic (exact) mass is 2120 g/mol. The molecule has 0 unspecified atom stereocenters. The number of aromatic nitrogens is 2. The molecule has 18 rings (SSSR count). The van der Waals surface area contributed by atoms with E-state index in [-0.39, 0.29) is 48.0 Å². The summed E-state index contributed by atoms with van der Waals surface area (Å²) in [6.07, 6.45) is 7.81. The van der Waals surface area contributed by atoms with Crippen LogP contribution in [0, 0.1) is 27.7 Å². The number of nitrogens with two attached hydrogens (primary N) is 3. The number of benzene rings is 8. The lowest BCUT2D eigenvalue weighted by Crippen LogP contribution is -2.41. The summed E-state index contributed by atoms with van der Waals surface area (Å²) in [6.45, 7) is 29.6. The van der Waals surface area contributed by atoms with Crippen LogP contribution in [0.4, 0.5) is 21.2 Å². The third-order valence-corrected chi connectivity index (χ3v) is 23.5. The molecule has 37 heteroatoms. The molecule has 4 aliphatic heterocycles. The van der Waals surface area contributed by atoms with Crippen molar-refractivity contribution in [1.29, 1.82) is 0 Å². The topological polar surface area (TPSA) is 458 Å². The minimum Gasteiger partial charge on any atom is -0.478 e. The van der Waals surface area contributed by atoms with Gasteiger partial charge in [0, 0.05) is 125 Å². The Morgan fingerprint density at radius 2 is 0.723 bits per heavy atom. The van der Waals surface area contributed by atoms with Crippen molar-refractivity contribution >= 4 is 167 Å². The zero-order chi connectivity index (χ0) is 106. The van der Waals surface area contributed by atoms with Crippen LogP contribution < -0.4 is 38.6 Å². The average molecular weight is 2120 g/mol. The molecule has 776 valence electrons. The Morgan fingerprint density at radius 3 is 1.05 bits per heavy atom. The van der Waals surface area contributed by atoms with E-state index in [2.05, 4.69) is 66.1 Å². The van der Waals surface area contributed by atoms with Gasteiger partial charge in [-0.15, -0.1) is 23.2 Å². The fraction of sp³-hybridized carbons (Fsp3) is 0.297. The summed E-state index contributed by atoms with van der Waals surface area (Å²) in [5.41, 5.74) is 33.2. The number of carbonyl (C=O) groups excluding carboxylic acids is 7. The first-order chi connectivity index (χ1) is 70.8. The van der Waals surface area contributed by atoms with Crippen LogP contribution >= 0.6 is 39.1 Å². The third kappa shape index (κ3) is 33.5. The predicted octanol–water partition coefficient (Wildman–Crippen LogP) is 18.0. The van der Waals surface area contributed by atoms with E-state index in [9.17, 15) is 38.4 Å². The normalized spacial score (nSPS) is 13.6. The van der Waals surface area contributed by atoms with Crippen LogP contribution in [0.5, 0.6) is 0 Å². The number of alkyl carbamates (subject to hydrolysis) is 2. The first-order valence-corrected chi connectivity index (χ1v) is 49.8. The number of rotatable bonds is 19. The lowest BCUT2D eigenvalue weighted by atomic mass is 9.79. The lowest BCUT2D eigenvalue weighted by Gasteiger charge is -2.27. The molecule has 0 radical (unpaired) electrons. The Morgan fingerprint density at radius 1 is 0.412 bits per heavy atom. The molecular formula is C111H122BBrCl2N12O21. The molecule has 4 saturated heterocycles. The van der Waals surface area contributed by atoms with Crippen molar-refractivity contribution < 1.29 is 99.6 Å². The van der Waals surface area contributed by atoms with Gasteiger partial charge in [-0.3, -0.25) is 24.0 Å². The third-order valence-electron chi connectivity index (χ3n) is 23.0. The number of aryl methyl sites for hydroxylation is 4. The second kappa shape index (κ2) is 53.7. The van der Waals surface area contributed by atoms with Crippen molar-refractivity contribution in [2.75, 3.05) is 122 Å². The van der Waals surface area contributed by atoms with E-state index in [0.717, 1.165) is 121 Å². The molecule has 0 spiro atoms. The first kappa shape index (κ1) is 112. The first-order valence-electron chi connectivity index (χ1n) is 47.9. The number of halogens is 3. The smallest absolute Gasteiger partial charge is 0.478 e. The maximum atomic E-state index is 12.9. The summed E-state index contributed by atoms with van der Waals surface area (Å²) in [5.74, 6) is 2.41. The number of fused-ring (bicyclic) bond motifs is 4. The summed E-state index contributed by atoms with van der Waals surface area (Å²) in [6, 6.07) is 60.5. The average Bonchev–Trinajstić information content (AvgIpc) is 1.63. The van der Waals surface area contributed by atoms with E-state index in [1.165, 1.54) is 24.4 Å². The molecule has 7 amide bonds. The van der Waals surface area contributed by atoms with Crippen molar-refractivity contribution in [1.82, 2.24) is 45.5 Å². The molecule has 4 fully saturated rings. The number of nitrogens with one attached hydrogen (secondary N) is 3. The number of alkyl halides is 2. The van der Waals surface area contributed by atoms with Crippen molar-refractivity contribution in [3.63, 3.8) is 0 Å². The summed E-state index contributed by atoms with van der Waals surface area (Å²) in [4.78, 5) is 112. The zero-order valence-electron chi connectivity index (χ0n) is 84.1. The van der Waals surface area contributed by atoms with Crippen LogP contribution in [-0.2, 0) is 64.2 Å². The van der Waals surface area contributed by atoms with Gasteiger partial charge in [0.05, 0.1) is 84.4 Å². The van der Waals surface area contributed by atoms with E-state index < -0.39 is 36.5 Å². The van der Waals surface area contributed by atoms with Gasteiger partial charge in [-0.25, -0.2) is 24.4 Å². The molecular weight excluding hydrogens is 2000 g/mol. The van der Waals surface area contributed by atoms with Gasteiger partial charge in [0.2, 0.25) is 5.91 Å². The maximum Gasteiger partial charge on any atom is 0.488 e. The quantitative estimate of drug-likeness (QED) is 0.0206. The molecule has 12 N–H and O–H groups in total. The van der Waals surface area contributed by atoms with Gasteiger partial charge in [0.15, 0.2) is 0 Å². The number of carbonyl (C=O) groups is 8. The summed E-state index contributed by atoms with van der Waals surface area (Å²) >= 11 is 13.0. The summed E-state index contributed by atoms with van der Waals surface area (Å²) < 4.78 is 56.2. The van der Waals surface area contributed by atoms with E-state index in [0.29, 0.717) is 180 Å². The number of carboxylic acids is 1. The van der Waals surface area contributed by atoms with Crippen LogP contribution in [0.2, 0.25) is 0 Å². The lowest BCUT2D eigenvalue weighted by molar-refractivity contribution is -0.131. The number of morpholine rings is 4. The highest BCUT2D eigenvalue weighted by Gasteiger charge is 2.27. The highest BCUT2D eigenvalue weighted by Crippen LogP contribution is 2.36. The van der Waals surface area contributed by atoms with Gasteiger partial charge in [-0.2, -0.15) is 0 Å². The summed E-state index contributed by atoms with van der Waals surface area (Å²) in [5, 5.41) is 38.8. The molecule has 0 atom stereocenters. The Bertz CT molecular complexity index is 7010. The van der Waals surface area contributed by atoms with Crippen molar-refractivity contribution in [2.45, 2.75) is 107 Å². The van der Waals surface area contributed by atoms with Crippen LogP contribution in [-0.4, -0.2) is 221 Å². The molecule has 8 aromatic carbocycles. The van der Waals surface area contributed by atoms with E-state index in [1.807, 2.05) is 205 Å². The SMILES string of the molecule is Cc1cc(-c2cccc(C(=O)N3CCOCC3)c2)cc2cc(CN)oc12.Cc1cc(-c2cccc(C(=O)N3CCOCC3)c2)cc2cc(CNC(=O)/C=C/c3ccc(N)nc3)oc12.Cc1cc(-c2cccc(C(=O)N3CCOCC3)c2)cc2cc(CNC(=O)OC(C)(C)C)oc12.Cc1cc(Br)cc2cc(CNC(=O)OC(C)(C)C)oc12.ClCCl.Nc1ccc(/C=C/C(=O)O)cn1.O=C(c1cccc(B(O)O)c1)N1CCOCC1. The Balaban J connectivity index is 0.000000162. The fourth-order valence-corrected chi connectivity index (χ4v) is 16.6. The number of furan rings is 4. The van der Waals surface area contributed by atoms with Gasteiger partial charge in [0.1, 0.15) is 68.2 Å². The molecule has 6 aromatic heterocycles. The molecule has 0 bridgehead atoms. The molecule has 4 aliphatic rings. The van der Waals surface area contributed by atoms with Crippen molar-refractivity contribution in [3.05, 3.63) is 302 Å². The number of amides is 7. The number of ether oxygens (including phenoxy) is 6. The highest BCUT2D eigenvalue weighted by molar-refractivity contribution is 9.10. The molecule has 33 nitrogen and oxygen atoms in total. The predicted molar refractivity (Wildman–Crippen MR) is 576 cm³/mol. The highest BCUT2D eigenvalue weighted by atomic mass is 79.9. The number of carboxylic acid groups (broad SMARTS) is 1. The van der Waals surface area contributed by atoms with Crippen LogP contribution in [0.3, 0.4) is 0 Å². The minimum atomic E-state index is -1.55.